The predicted octanol–water partition coefficient (Wildman–Crippen LogP) is 2.19. The lowest BCUT2D eigenvalue weighted by atomic mass is 9.91. The summed E-state index contributed by atoms with van der Waals surface area (Å²) in [6, 6.07) is 6.98. The fourth-order valence-corrected chi connectivity index (χ4v) is 5.74. The van der Waals surface area contributed by atoms with Crippen LogP contribution in [0.4, 0.5) is 0 Å². The van der Waals surface area contributed by atoms with Gasteiger partial charge in [0.05, 0.1) is 10.6 Å². The Labute approximate surface area is 140 Å². The highest BCUT2D eigenvalue weighted by molar-refractivity contribution is 7.67. The highest BCUT2D eigenvalue weighted by Crippen LogP contribution is 2.46. The van der Waals surface area contributed by atoms with Crippen molar-refractivity contribution < 1.29 is 28.7 Å². The summed E-state index contributed by atoms with van der Waals surface area (Å²) in [5.74, 6) is 0. The first-order valence-corrected chi connectivity index (χ1v) is 10.4. The van der Waals surface area contributed by atoms with Crippen molar-refractivity contribution in [3.05, 3.63) is 46.5 Å². The smallest absolute Gasteiger partial charge is 0.321 e. The Bertz CT molecular complexity index is 907. The van der Waals surface area contributed by atoms with E-state index in [0.717, 1.165) is 5.56 Å². The molecular formula is C16H20O6P2. The quantitative estimate of drug-likeness (QED) is 0.616. The number of hydrogen-bond donors (Lipinski definition) is 4. The number of aryl methyl sites for hydroxylation is 1. The van der Waals surface area contributed by atoms with Crippen LogP contribution in [0.25, 0.3) is 11.1 Å². The molecule has 4 N–H and O–H groups in total. The lowest BCUT2D eigenvalue weighted by Crippen LogP contribution is -2.31. The molecule has 0 bridgehead atoms. The monoisotopic (exact) mass is 370 g/mol. The van der Waals surface area contributed by atoms with Gasteiger partial charge in [0.2, 0.25) is 0 Å². The molecule has 0 aliphatic heterocycles. The third-order valence-corrected chi connectivity index (χ3v) is 6.66. The normalized spacial score (nSPS) is 12.5. The first kappa shape index (κ1) is 19.1. The summed E-state index contributed by atoms with van der Waals surface area (Å²) in [5.41, 5.74) is 2.90. The molecule has 0 aromatic heterocycles. The van der Waals surface area contributed by atoms with Crippen molar-refractivity contribution in [3.8, 4) is 11.1 Å². The Hall–Kier alpha value is -1.26. The molecule has 0 saturated heterocycles. The fourth-order valence-electron chi connectivity index (χ4n) is 2.94. The van der Waals surface area contributed by atoms with Gasteiger partial charge in [-0.25, -0.2) is 0 Å². The number of benzene rings is 2. The molecule has 0 unspecified atom stereocenters. The lowest BCUT2D eigenvalue weighted by Gasteiger charge is -2.24. The molecule has 0 fully saturated rings. The zero-order valence-electron chi connectivity index (χ0n) is 13.8. The SMILES string of the molecule is Cc1ccccc1-c1c(C)c(C)c(C)c(P(=O)(O)O)c1P(=O)(O)O. The fraction of sp³-hybridized carbons (Fsp3) is 0.250. The van der Waals surface area contributed by atoms with Crippen molar-refractivity contribution in [2.75, 3.05) is 0 Å². The Morgan fingerprint density at radius 1 is 0.708 bits per heavy atom. The molecule has 8 heteroatoms. The van der Waals surface area contributed by atoms with E-state index in [4.69, 9.17) is 0 Å². The van der Waals surface area contributed by atoms with E-state index in [9.17, 15) is 28.7 Å². The Morgan fingerprint density at radius 3 is 1.67 bits per heavy atom. The van der Waals surface area contributed by atoms with Crippen LogP contribution in [0.3, 0.4) is 0 Å². The molecule has 24 heavy (non-hydrogen) atoms. The minimum absolute atomic E-state index is 0.197. The maximum Gasteiger partial charge on any atom is 0.357 e. The second-order valence-electron chi connectivity index (χ2n) is 5.85. The molecule has 0 saturated carbocycles. The van der Waals surface area contributed by atoms with E-state index < -0.39 is 25.8 Å². The second-order valence-corrected chi connectivity index (χ2v) is 8.92. The van der Waals surface area contributed by atoms with Crippen LogP contribution < -0.4 is 10.6 Å². The van der Waals surface area contributed by atoms with Gasteiger partial charge in [0.1, 0.15) is 0 Å². The summed E-state index contributed by atoms with van der Waals surface area (Å²) in [7, 11) is -9.83. The summed E-state index contributed by atoms with van der Waals surface area (Å²) < 4.78 is 24.2. The Morgan fingerprint density at radius 2 is 1.21 bits per heavy atom. The highest BCUT2D eigenvalue weighted by Gasteiger charge is 2.37. The van der Waals surface area contributed by atoms with Gasteiger partial charge in [-0.15, -0.1) is 0 Å². The van der Waals surface area contributed by atoms with Gasteiger partial charge in [0.15, 0.2) is 0 Å². The van der Waals surface area contributed by atoms with Gasteiger partial charge in [-0.3, -0.25) is 9.13 Å². The molecule has 2 rings (SSSR count). The van der Waals surface area contributed by atoms with Gasteiger partial charge in [-0.2, -0.15) is 0 Å². The van der Waals surface area contributed by atoms with Gasteiger partial charge in [-0.05, 0) is 55.5 Å². The summed E-state index contributed by atoms with van der Waals surface area (Å²) in [5, 5.41) is -1.15. The second kappa shape index (κ2) is 6.23. The molecule has 0 spiro atoms. The standard InChI is InChI=1S/C16H20O6P2/c1-9-7-5-6-8-13(9)14-11(3)10(2)12(4)15(23(17,18)19)16(14)24(20,21)22/h5-8H,1-4H3,(H2,17,18,19)(H2,20,21,22). The van der Waals surface area contributed by atoms with Crippen molar-refractivity contribution in [2.24, 2.45) is 0 Å². The van der Waals surface area contributed by atoms with Crippen molar-refractivity contribution >= 4 is 25.8 Å². The van der Waals surface area contributed by atoms with Crippen LogP contribution in [0, 0.1) is 27.7 Å². The van der Waals surface area contributed by atoms with Gasteiger partial charge in [0.25, 0.3) is 0 Å². The van der Waals surface area contributed by atoms with E-state index in [2.05, 4.69) is 0 Å². The number of hydrogen-bond acceptors (Lipinski definition) is 2. The van der Waals surface area contributed by atoms with Crippen molar-refractivity contribution in [1.82, 2.24) is 0 Å². The largest absolute Gasteiger partial charge is 0.357 e. The van der Waals surface area contributed by atoms with E-state index in [0.29, 0.717) is 16.7 Å². The third-order valence-electron chi connectivity index (χ3n) is 4.31. The Balaban J connectivity index is 3.17. The van der Waals surface area contributed by atoms with E-state index in [1.807, 2.05) is 0 Å². The number of rotatable bonds is 3. The maximum absolute atomic E-state index is 12.2. The van der Waals surface area contributed by atoms with E-state index >= 15 is 0 Å². The van der Waals surface area contributed by atoms with Gasteiger partial charge in [0, 0.05) is 5.56 Å². The maximum atomic E-state index is 12.2. The van der Waals surface area contributed by atoms with Gasteiger partial charge in [-0.1, -0.05) is 24.3 Å². The lowest BCUT2D eigenvalue weighted by molar-refractivity contribution is 0.381. The molecule has 0 aliphatic rings. The molecular weight excluding hydrogens is 350 g/mol. The highest BCUT2D eigenvalue weighted by atomic mass is 31.2. The average Bonchev–Trinajstić information content (AvgIpc) is 2.43. The Kier molecular flexibility index (Phi) is 4.95. The van der Waals surface area contributed by atoms with Crippen LogP contribution in [-0.2, 0) is 9.13 Å². The zero-order valence-corrected chi connectivity index (χ0v) is 15.6. The van der Waals surface area contributed by atoms with E-state index in [1.165, 1.54) is 6.92 Å². The molecule has 0 radical (unpaired) electrons. The summed E-state index contributed by atoms with van der Waals surface area (Å²) in [6.07, 6.45) is 0. The summed E-state index contributed by atoms with van der Waals surface area (Å²) >= 11 is 0. The third kappa shape index (κ3) is 3.27. The summed E-state index contributed by atoms with van der Waals surface area (Å²) in [4.78, 5) is 39.2. The van der Waals surface area contributed by atoms with Crippen LogP contribution in [0.2, 0.25) is 0 Å². The average molecular weight is 370 g/mol. The molecule has 0 amide bonds. The van der Waals surface area contributed by atoms with Crippen LogP contribution in [0.5, 0.6) is 0 Å². The van der Waals surface area contributed by atoms with Gasteiger partial charge < -0.3 is 19.6 Å². The minimum atomic E-state index is -4.94. The van der Waals surface area contributed by atoms with E-state index in [1.54, 1.807) is 45.0 Å². The molecule has 2 aromatic carbocycles. The van der Waals surface area contributed by atoms with Crippen molar-refractivity contribution in [3.63, 3.8) is 0 Å². The molecule has 0 heterocycles. The van der Waals surface area contributed by atoms with Crippen molar-refractivity contribution in [2.45, 2.75) is 27.7 Å². The topological polar surface area (TPSA) is 115 Å². The summed E-state index contributed by atoms with van der Waals surface area (Å²) in [6.45, 7) is 6.64. The first-order valence-electron chi connectivity index (χ1n) is 7.19. The van der Waals surface area contributed by atoms with Crippen LogP contribution in [-0.4, -0.2) is 19.6 Å². The molecule has 2 aromatic rings. The minimum Gasteiger partial charge on any atom is -0.321 e. The van der Waals surface area contributed by atoms with Crippen molar-refractivity contribution in [1.29, 1.82) is 0 Å². The molecule has 0 atom stereocenters. The predicted molar refractivity (Wildman–Crippen MR) is 94.2 cm³/mol. The first-order chi connectivity index (χ1) is 10.9. The zero-order chi connectivity index (χ0) is 18.4. The van der Waals surface area contributed by atoms with E-state index in [-0.39, 0.29) is 11.1 Å². The van der Waals surface area contributed by atoms with Crippen LogP contribution in [0.15, 0.2) is 24.3 Å². The molecule has 6 nitrogen and oxygen atoms in total. The molecule has 130 valence electrons. The van der Waals surface area contributed by atoms with Gasteiger partial charge >= 0.3 is 15.2 Å². The van der Waals surface area contributed by atoms with Crippen LogP contribution >= 0.6 is 15.2 Å². The van der Waals surface area contributed by atoms with Crippen LogP contribution in [0.1, 0.15) is 22.3 Å². The molecule has 0 aliphatic carbocycles.